The zero-order valence-corrected chi connectivity index (χ0v) is 25.1. The fraction of sp³-hybridized carbons (Fsp3) is 0.552. The summed E-state index contributed by atoms with van der Waals surface area (Å²) in [5.41, 5.74) is 2.07. The number of hydrogen-bond donors (Lipinski definition) is 3. The number of hydrogen-bond acceptors (Lipinski definition) is 7. The number of likely N-dealkylation sites (tertiary alicyclic amines) is 1. The van der Waals surface area contributed by atoms with Crippen LogP contribution in [-0.4, -0.2) is 89.5 Å². The van der Waals surface area contributed by atoms with Crippen molar-refractivity contribution in [1.82, 2.24) is 25.4 Å². The van der Waals surface area contributed by atoms with Crippen LogP contribution >= 0.6 is 11.3 Å². The molecule has 0 bridgehead atoms. The molecule has 3 N–H and O–H groups in total. The molecule has 2 aliphatic heterocycles. The summed E-state index contributed by atoms with van der Waals surface area (Å²) in [6.07, 6.45) is 0.526. The van der Waals surface area contributed by atoms with Crippen LogP contribution in [0.4, 0.5) is 9.93 Å². The molecule has 3 heterocycles. The van der Waals surface area contributed by atoms with Gasteiger partial charge in [0, 0.05) is 42.2 Å². The molecule has 3 unspecified atom stereocenters. The highest BCUT2D eigenvalue weighted by molar-refractivity contribution is 7.14. The molecular formula is C29H40N6O5S. The molecular weight excluding hydrogens is 544 g/mol. The molecule has 41 heavy (non-hydrogen) atoms. The fourth-order valence-electron chi connectivity index (χ4n) is 5.01. The maximum atomic E-state index is 13.7. The predicted molar refractivity (Wildman–Crippen MR) is 158 cm³/mol. The number of rotatable bonds is 8. The molecule has 1 aromatic carbocycles. The van der Waals surface area contributed by atoms with E-state index in [0.717, 1.165) is 5.56 Å². The van der Waals surface area contributed by atoms with Crippen LogP contribution < -0.4 is 16.0 Å². The minimum absolute atomic E-state index is 0.0473. The van der Waals surface area contributed by atoms with Crippen LogP contribution in [0.15, 0.2) is 29.6 Å². The molecule has 0 radical (unpaired) electrons. The highest BCUT2D eigenvalue weighted by Crippen LogP contribution is 2.29. The fourth-order valence-corrected chi connectivity index (χ4v) is 5.73. The van der Waals surface area contributed by atoms with Crippen molar-refractivity contribution in [3.05, 3.63) is 35.2 Å². The smallest absolute Gasteiger partial charge is 0.318 e. The molecule has 2 saturated heterocycles. The first-order valence-electron chi connectivity index (χ1n) is 14.1. The highest BCUT2D eigenvalue weighted by atomic mass is 32.1. The number of amides is 5. The van der Waals surface area contributed by atoms with Gasteiger partial charge in [-0.3, -0.25) is 14.4 Å². The highest BCUT2D eigenvalue weighted by Gasteiger charge is 2.42. The Kier molecular flexibility index (Phi) is 9.98. The number of nitrogens with one attached hydrogen (secondary N) is 3. The first-order valence-corrected chi connectivity index (χ1v) is 15.0. The van der Waals surface area contributed by atoms with E-state index in [-0.39, 0.29) is 41.6 Å². The minimum Gasteiger partial charge on any atom is -0.378 e. The lowest BCUT2D eigenvalue weighted by atomic mass is 10.0. The Morgan fingerprint density at radius 2 is 1.71 bits per heavy atom. The van der Waals surface area contributed by atoms with Gasteiger partial charge < -0.3 is 30.5 Å². The number of aromatic nitrogens is 1. The van der Waals surface area contributed by atoms with Crippen LogP contribution in [0.25, 0.3) is 11.3 Å². The van der Waals surface area contributed by atoms with Crippen LogP contribution in [0, 0.1) is 11.8 Å². The quantitative estimate of drug-likeness (QED) is 0.437. The van der Waals surface area contributed by atoms with Crippen molar-refractivity contribution in [3.63, 3.8) is 0 Å². The van der Waals surface area contributed by atoms with Gasteiger partial charge in [-0.2, -0.15) is 0 Å². The largest absolute Gasteiger partial charge is 0.378 e. The van der Waals surface area contributed by atoms with E-state index < -0.39 is 12.1 Å². The molecule has 11 nitrogen and oxygen atoms in total. The van der Waals surface area contributed by atoms with E-state index in [0.29, 0.717) is 55.7 Å². The predicted octanol–water partition coefficient (Wildman–Crippen LogP) is 3.19. The van der Waals surface area contributed by atoms with E-state index >= 15 is 0 Å². The van der Waals surface area contributed by atoms with Gasteiger partial charge in [0.05, 0.1) is 18.9 Å². The standard InChI is InChI=1S/C29H40N6O5S/c1-17(2)24(32-29(39)34-10-12-40-13-11-34)27(38)35-15-19(5)14-23(35)26(37)33-28-31-22(16-41-28)20-6-8-21(9-7-20)25(36)30-18(3)4/h6-9,16-19,23-24H,10-15H2,1-5H3,(H,30,36)(H,32,39)(H,31,33,37). The molecule has 12 heteroatoms. The van der Waals surface area contributed by atoms with E-state index in [9.17, 15) is 19.2 Å². The summed E-state index contributed by atoms with van der Waals surface area (Å²) in [6.45, 7) is 11.9. The maximum absolute atomic E-state index is 13.7. The van der Waals surface area contributed by atoms with Gasteiger partial charge >= 0.3 is 6.03 Å². The topological polar surface area (TPSA) is 133 Å². The molecule has 0 aliphatic carbocycles. The van der Waals surface area contributed by atoms with Crippen LogP contribution in [0.5, 0.6) is 0 Å². The van der Waals surface area contributed by atoms with Crippen molar-refractivity contribution in [2.24, 2.45) is 11.8 Å². The summed E-state index contributed by atoms with van der Waals surface area (Å²) in [7, 11) is 0. The number of urea groups is 1. The molecule has 0 spiro atoms. The van der Waals surface area contributed by atoms with E-state index in [1.165, 1.54) is 11.3 Å². The number of nitrogens with zero attached hydrogens (tertiary/aromatic N) is 3. The minimum atomic E-state index is -0.747. The second kappa shape index (κ2) is 13.4. The lowest BCUT2D eigenvalue weighted by molar-refractivity contribution is -0.139. The number of morpholine rings is 1. The Balaban J connectivity index is 1.41. The molecule has 5 amide bonds. The Hall–Kier alpha value is -3.51. The second-order valence-corrected chi connectivity index (χ2v) is 12.2. The summed E-state index contributed by atoms with van der Waals surface area (Å²) in [4.78, 5) is 60.0. The van der Waals surface area contributed by atoms with Crippen molar-refractivity contribution in [3.8, 4) is 11.3 Å². The van der Waals surface area contributed by atoms with Gasteiger partial charge in [-0.1, -0.05) is 32.9 Å². The number of ether oxygens (including phenoxy) is 1. The van der Waals surface area contributed by atoms with Crippen LogP contribution in [0.3, 0.4) is 0 Å². The van der Waals surface area contributed by atoms with Gasteiger partial charge in [0.2, 0.25) is 11.8 Å². The zero-order valence-electron chi connectivity index (χ0n) is 24.3. The van der Waals surface area contributed by atoms with Crippen LogP contribution in [-0.2, 0) is 14.3 Å². The Bertz CT molecular complexity index is 1240. The first-order chi connectivity index (χ1) is 19.5. The van der Waals surface area contributed by atoms with Gasteiger partial charge in [0.15, 0.2) is 5.13 Å². The van der Waals surface area contributed by atoms with Crippen molar-refractivity contribution >= 4 is 40.2 Å². The third-order valence-corrected chi connectivity index (χ3v) is 7.96. The van der Waals surface area contributed by atoms with E-state index in [2.05, 4.69) is 20.9 Å². The summed E-state index contributed by atoms with van der Waals surface area (Å²) >= 11 is 1.30. The summed E-state index contributed by atoms with van der Waals surface area (Å²) in [6, 6.07) is 5.49. The molecule has 222 valence electrons. The van der Waals surface area contributed by atoms with Gasteiger partial charge in [0.25, 0.3) is 5.91 Å². The summed E-state index contributed by atoms with van der Waals surface area (Å²) in [5.74, 6) is -0.714. The maximum Gasteiger partial charge on any atom is 0.318 e. The number of carbonyl (C=O) groups is 4. The molecule has 2 fully saturated rings. The molecule has 2 aromatic rings. The third-order valence-electron chi connectivity index (χ3n) is 7.20. The summed E-state index contributed by atoms with van der Waals surface area (Å²) < 4.78 is 5.32. The number of benzene rings is 1. The lowest BCUT2D eigenvalue weighted by Gasteiger charge is -2.33. The molecule has 0 saturated carbocycles. The van der Waals surface area contributed by atoms with Gasteiger partial charge in [-0.15, -0.1) is 11.3 Å². The average molecular weight is 585 g/mol. The van der Waals surface area contributed by atoms with E-state index in [4.69, 9.17) is 4.74 Å². The van der Waals surface area contributed by atoms with E-state index in [1.807, 2.05) is 52.1 Å². The molecule has 1 aromatic heterocycles. The lowest BCUT2D eigenvalue weighted by Crippen LogP contribution is -2.57. The van der Waals surface area contributed by atoms with Crippen LogP contribution in [0.1, 0.15) is 51.4 Å². The number of thiazole rings is 1. The van der Waals surface area contributed by atoms with Crippen molar-refractivity contribution in [1.29, 1.82) is 0 Å². The summed E-state index contributed by atoms with van der Waals surface area (Å²) in [5, 5.41) is 10.9. The average Bonchev–Trinajstić information content (AvgIpc) is 3.58. The molecule has 4 rings (SSSR count). The normalized spacial score (nSPS) is 19.8. The molecule has 2 aliphatic rings. The Labute approximate surface area is 245 Å². The molecule has 3 atom stereocenters. The van der Waals surface area contributed by atoms with Crippen molar-refractivity contribution in [2.45, 2.75) is 59.2 Å². The van der Waals surface area contributed by atoms with Gasteiger partial charge in [-0.05, 0) is 44.2 Å². The number of carbonyl (C=O) groups excluding carboxylic acids is 4. The third kappa shape index (κ3) is 7.62. The first kappa shape index (κ1) is 30.4. The monoisotopic (exact) mass is 584 g/mol. The second-order valence-electron chi connectivity index (χ2n) is 11.4. The van der Waals surface area contributed by atoms with Crippen molar-refractivity contribution in [2.75, 3.05) is 38.2 Å². The zero-order chi connectivity index (χ0) is 29.7. The van der Waals surface area contributed by atoms with Crippen molar-refractivity contribution < 1.29 is 23.9 Å². The number of anilines is 1. The SMILES string of the molecule is CC1CC(C(=O)Nc2nc(-c3ccc(C(=O)NC(C)C)cc3)cs2)N(C(=O)C(NC(=O)N2CCOCC2)C(C)C)C1. The van der Waals surface area contributed by atoms with Gasteiger partial charge in [-0.25, -0.2) is 9.78 Å². The van der Waals surface area contributed by atoms with Gasteiger partial charge in [0.1, 0.15) is 12.1 Å². The van der Waals surface area contributed by atoms with E-state index in [1.54, 1.807) is 21.9 Å². The van der Waals surface area contributed by atoms with Crippen LogP contribution in [0.2, 0.25) is 0 Å². The Morgan fingerprint density at radius 1 is 1.02 bits per heavy atom. The Morgan fingerprint density at radius 3 is 2.34 bits per heavy atom.